The molecule has 0 unspecified atom stereocenters. The number of rotatable bonds is 0. The first kappa shape index (κ1) is 5.73. The zero-order valence-electron chi connectivity index (χ0n) is 5.07. The fourth-order valence-corrected chi connectivity index (χ4v) is 1.42. The largest absolute Gasteiger partial charge is 0.294 e. The summed E-state index contributed by atoms with van der Waals surface area (Å²) in [4.78, 5) is 10.8. The molecule has 1 aromatic rings. The minimum Gasteiger partial charge on any atom is -0.294 e. The molecule has 0 fully saturated rings. The standard InChI is InChI=1S/C6H4N2OS/c9-4-1-2-6-5(3-4)7-8-10-6/h2-3H,1H2. The van der Waals surface area contributed by atoms with Gasteiger partial charge in [0.05, 0.1) is 4.53 Å². The Morgan fingerprint density at radius 1 is 1.60 bits per heavy atom. The van der Waals surface area contributed by atoms with E-state index >= 15 is 0 Å². The van der Waals surface area contributed by atoms with Crippen molar-refractivity contribution < 1.29 is 4.79 Å². The van der Waals surface area contributed by atoms with Crippen LogP contribution in [0.5, 0.6) is 0 Å². The highest BCUT2D eigenvalue weighted by atomic mass is 32.1. The summed E-state index contributed by atoms with van der Waals surface area (Å²) in [5, 5.41) is 4.49. The van der Waals surface area contributed by atoms with E-state index in [4.69, 9.17) is 0 Å². The molecule has 1 aliphatic carbocycles. The number of aromatic nitrogens is 2. The molecule has 0 radical (unpaired) electrons. The molecule has 0 saturated carbocycles. The minimum absolute atomic E-state index is 0.111. The summed E-state index contributed by atoms with van der Waals surface area (Å²) in [6, 6.07) is 0. The molecule has 1 heterocycles. The second-order valence-corrected chi connectivity index (χ2v) is 2.83. The Morgan fingerprint density at radius 3 is 3.40 bits per heavy atom. The Balaban J connectivity index is 2.85. The Hall–Kier alpha value is -1.03. The first-order chi connectivity index (χ1) is 4.86. The van der Waals surface area contributed by atoms with Crippen molar-refractivity contribution in [2.24, 2.45) is 0 Å². The molecule has 4 heteroatoms. The van der Waals surface area contributed by atoms with Crippen LogP contribution in [0.4, 0.5) is 0 Å². The average Bonchev–Trinajstić information content (AvgIpc) is 2.33. The fraction of sp³-hybridized carbons (Fsp3) is 0.167. The second-order valence-electron chi connectivity index (χ2n) is 2.04. The molecule has 0 bridgehead atoms. The number of fused-ring (bicyclic) bond motifs is 1. The number of nitrogens with zero attached hydrogens (tertiary/aromatic N) is 2. The Morgan fingerprint density at radius 2 is 2.50 bits per heavy atom. The number of ketones is 1. The Bertz CT molecular complexity index is 379. The van der Waals surface area contributed by atoms with Crippen molar-refractivity contribution >= 4 is 29.5 Å². The first-order valence-electron chi connectivity index (χ1n) is 2.89. The van der Waals surface area contributed by atoms with Gasteiger partial charge in [0.25, 0.3) is 0 Å². The highest BCUT2D eigenvalue weighted by Crippen LogP contribution is 1.89. The van der Waals surface area contributed by atoms with Crippen molar-refractivity contribution in [2.45, 2.75) is 6.42 Å². The Labute approximate surface area is 60.9 Å². The lowest BCUT2D eigenvalue weighted by atomic mass is 10.2. The van der Waals surface area contributed by atoms with Gasteiger partial charge in [-0.3, -0.25) is 4.79 Å². The monoisotopic (exact) mass is 152 g/mol. The summed E-state index contributed by atoms with van der Waals surface area (Å²) in [5.41, 5.74) is 0. The van der Waals surface area contributed by atoms with Crippen LogP contribution < -0.4 is 9.88 Å². The highest BCUT2D eigenvalue weighted by molar-refractivity contribution is 7.03. The van der Waals surface area contributed by atoms with Gasteiger partial charge in [0.1, 0.15) is 5.35 Å². The molecule has 0 atom stereocenters. The molecule has 0 aromatic carbocycles. The molecule has 0 amide bonds. The summed E-state index contributed by atoms with van der Waals surface area (Å²) in [7, 11) is 0. The number of hydrogen-bond donors (Lipinski definition) is 0. The van der Waals surface area contributed by atoms with Crippen molar-refractivity contribution in [3.63, 3.8) is 0 Å². The maximum absolute atomic E-state index is 10.8. The number of carbonyl (C=O) groups excluding carboxylic acids is 1. The van der Waals surface area contributed by atoms with Crippen LogP contribution in [0, 0.1) is 0 Å². The third-order valence-electron chi connectivity index (χ3n) is 1.33. The van der Waals surface area contributed by atoms with Crippen molar-refractivity contribution in [1.82, 2.24) is 9.59 Å². The van der Waals surface area contributed by atoms with Crippen LogP contribution >= 0.6 is 11.5 Å². The van der Waals surface area contributed by atoms with E-state index < -0.39 is 0 Å². The molecule has 0 aliphatic heterocycles. The molecular weight excluding hydrogens is 148 g/mol. The van der Waals surface area contributed by atoms with E-state index in [1.165, 1.54) is 11.5 Å². The van der Waals surface area contributed by atoms with Crippen molar-refractivity contribution in [2.75, 3.05) is 0 Å². The molecule has 1 aliphatic rings. The predicted octanol–water partition coefficient (Wildman–Crippen LogP) is -0.928. The Kier molecular flexibility index (Phi) is 1.14. The smallest absolute Gasteiger partial charge is 0.161 e. The molecule has 2 rings (SSSR count). The normalized spacial score (nSPS) is 15.4. The van der Waals surface area contributed by atoms with Crippen LogP contribution in [0.25, 0.3) is 12.2 Å². The van der Waals surface area contributed by atoms with Crippen molar-refractivity contribution in [1.29, 1.82) is 0 Å². The van der Waals surface area contributed by atoms with Crippen LogP contribution in [0.3, 0.4) is 0 Å². The topological polar surface area (TPSA) is 42.9 Å². The molecule has 10 heavy (non-hydrogen) atoms. The van der Waals surface area contributed by atoms with E-state index in [1.807, 2.05) is 6.08 Å². The summed E-state index contributed by atoms with van der Waals surface area (Å²) in [5.74, 6) is 0.111. The number of carbonyl (C=O) groups is 1. The minimum atomic E-state index is 0.111. The summed E-state index contributed by atoms with van der Waals surface area (Å²) in [6.45, 7) is 0. The average molecular weight is 152 g/mol. The zero-order chi connectivity index (χ0) is 6.97. The van der Waals surface area contributed by atoms with Gasteiger partial charge in [-0.15, -0.1) is 5.10 Å². The van der Waals surface area contributed by atoms with Crippen LogP contribution in [-0.4, -0.2) is 15.4 Å². The summed E-state index contributed by atoms with van der Waals surface area (Å²) < 4.78 is 4.73. The molecule has 3 nitrogen and oxygen atoms in total. The molecule has 0 saturated heterocycles. The van der Waals surface area contributed by atoms with Gasteiger partial charge >= 0.3 is 0 Å². The van der Waals surface area contributed by atoms with Crippen LogP contribution in [0.1, 0.15) is 6.42 Å². The van der Waals surface area contributed by atoms with E-state index in [0.717, 1.165) is 9.88 Å². The third kappa shape index (κ3) is 0.769. The molecular formula is C6H4N2OS. The summed E-state index contributed by atoms with van der Waals surface area (Å²) >= 11 is 1.33. The van der Waals surface area contributed by atoms with E-state index in [2.05, 4.69) is 9.59 Å². The van der Waals surface area contributed by atoms with Gasteiger partial charge in [0.2, 0.25) is 0 Å². The molecule has 0 spiro atoms. The van der Waals surface area contributed by atoms with Crippen LogP contribution in [0.2, 0.25) is 0 Å². The maximum atomic E-state index is 10.8. The first-order valence-corrected chi connectivity index (χ1v) is 3.67. The molecule has 50 valence electrons. The van der Waals surface area contributed by atoms with Crippen LogP contribution in [0.15, 0.2) is 0 Å². The van der Waals surface area contributed by atoms with Gasteiger partial charge < -0.3 is 0 Å². The highest BCUT2D eigenvalue weighted by Gasteiger charge is 2.02. The predicted molar refractivity (Wildman–Crippen MR) is 37.7 cm³/mol. The number of hydrogen-bond acceptors (Lipinski definition) is 4. The van der Waals surface area contributed by atoms with Crippen LogP contribution in [-0.2, 0) is 4.79 Å². The fourth-order valence-electron chi connectivity index (χ4n) is 0.851. The number of Topliss-reactive ketones (excluding diaryl/α,β-unsaturated/α-hetero) is 1. The van der Waals surface area contributed by atoms with Crippen molar-refractivity contribution in [3.05, 3.63) is 9.88 Å². The van der Waals surface area contributed by atoms with E-state index in [9.17, 15) is 4.79 Å². The third-order valence-corrected chi connectivity index (χ3v) is 2.06. The quantitative estimate of drug-likeness (QED) is 0.482. The SMILES string of the molecule is O=C1C=c2nnsc2=CC1. The van der Waals surface area contributed by atoms with Gasteiger partial charge in [-0.05, 0) is 11.5 Å². The lowest BCUT2D eigenvalue weighted by molar-refractivity contribution is -0.112. The van der Waals surface area contributed by atoms with Gasteiger partial charge in [-0.25, -0.2) is 0 Å². The lowest BCUT2D eigenvalue weighted by Crippen LogP contribution is -2.26. The van der Waals surface area contributed by atoms with Gasteiger partial charge in [0.15, 0.2) is 5.78 Å². The lowest BCUT2D eigenvalue weighted by Gasteiger charge is -1.88. The second kappa shape index (κ2) is 1.98. The van der Waals surface area contributed by atoms with Gasteiger partial charge in [-0.2, -0.15) is 0 Å². The summed E-state index contributed by atoms with van der Waals surface area (Å²) in [6.07, 6.45) is 3.90. The van der Waals surface area contributed by atoms with Gasteiger partial charge in [0, 0.05) is 12.5 Å². The zero-order valence-corrected chi connectivity index (χ0v) is 5.89. The van der Waals surface area contributed by atoms with Gasteiger partial charge in [-0.1, -0.05) is 10.6 Å². The van der Waals surface area contributed by atoms with E-state index in [0.29, 0.717) is 6.42 Å². The molecule has 1 aromatic heterocycles. The van der Waals surface area contributed by atoms with Crippen molar-refractivity contribution in [3.8, 4) is 0 Å². The molecule has 0 N–H and O–H groups in total. The van der Waals surface area contributed by atoms with E-state index in [1.54, 1.807) is 6.08 Å². The van der Waals surface area contributed by atoms with E-state index in [-0.39, 0.29) is 5.78 Å². The maximum Gasteiger partial charge on any atom is 0.161 e.